The highest BCUT2D eigenvalue weighted by atomic mass is 19.3. The van der Waals surface area contributed by atoms with Crippen molar-refractivity contribution in [3.8, 4) is 11.5 Å². The summed E-state index contributed by atoms with van der Waals surface area (Å²) in [6, 6.07) is 10.7. The number of carbonyl (C=O) groups excluding carboxylic acids is 2. The van der Waals surface area contributed by atoms with Gasteiger partial charge in [-0.05, 0) is 42.3 Å². The zero-order chi connectivity index (χ0) is 21.4. The number of nitrogens with two attached hydrogens (primary N) is 1. The normalized spacial score (nSPS) is 10.5. The number of benzene rings is 2. The van der Waals surface area contributed by atoms with Crippen LogP contribution in [0, 0.1) is 0 Å². The number of nitrogens with one attached hydrogen (secondary N) is 1. The molecule has 0 radical (unpaired) electrons. The Hall–Kier alpha value is -3.36. The minimum atomic E-state index is -2.95. The molecule has 2 aromatic rings. The Kier molecular flexibility index (Phi) is 7.76. The highest BCUT2D eigenvalue weighted by Gasteiger charge is 2.15. The Bertz CT molecular complexity index is 844. The third-order valence-electron chi connectivity index (χ3n) is 3.95. The van der Waals surface area contributed by atoms with Crippen molar-refractivity contribution in [2.24, 2.45) is 5.73 Å². The van der Waals surface area contributed by atoms with Crippen LogP contribution in [-0.2, 0) is 17.8 Å². The highest BCUT2D eigenvalue weighted by molar-refractivity contribution is 5.87. The monoisotopic (exact) mass is 407 g/mol. The second kappa shape index (κ2) is 10.3. The Balaban J connectivity index is 2.01. The molecule has 0 aliphatic heterocycles. The molecule has 29 heavy (non-hydrogen) atoms. The summed E-state index contributed by atoms with van der Waals surface area (Å²) in [5.74, 6) is 0.0133. The molecule has 0 bridgehead atoms. The van der Waals surface area contributed by atoms with E-state index in [1.165, 1.54) is 11.0 Å². The summed E-state index contributed by atoms with van der Waals surface area (Å²) in [4.78, 5) is 24.8. The maximum atomic E-state index is 12.5. The SMILES string of the molecule is CCOc1cc(CN(C)C(=O)Cc2ccc(NC(N)=O)cc2)ccc1OC(F)F. The van der Waals surface area contributed by atoms with E-state index >= 15 is 0 Å². The second-order valence-corrected chi connectivity index (χ2v) is 6.21. The summed E-state index contributed by atoms with van der Waals surface area (Å²) in [5, 5.41) is 2.45. The Morgan fingerprint density at radius 1 is 1.10 bits per heavy atom. The van der Waals surface area contributed by atoms with Crippen LogP contribution in [0.1, 0.15) is 18.1 Å². The molecule has 0 heterocycles. The summed E-state index contributed by atoms with van der Waals surface area (Å²) in [6.07, 6.45) is 0.165. The van der Waals surface area contributed by atoms with Gasteiger partial charge in [-0.25, -0.2) is 4.79 Å². The first-order valence-electron chi connectivity index (χ1n) is 8.88. The number of halogens is 2. The van der Waals surface area contributed by atoms with E-state index in [0.29, 0.717) is 17.9 Å². The van der Waals surface area contributed by atoms with Gasteiger partial charge < -0.3 is 25.4 Å². The zero-order valence-corrected chi connectivity index (χ0v) is 16.2. The van der Waals surface area contributed by atoms with Gasteiger partial charge >= 0.3 is 12.6 Å². The first-order chi connectivity index (χ1) is 13.8. The Morgan fingerprint density at radius 2 is 1.76 bits per heavy atom. The van der Waals surface area contributed by atoms with Crippen molar-refractivity contribution < 1.29 is 27.8 Å². The molecule has 2 rings (SSSR count). The summed E-state index contributed by atoms with van der Waals surface area (Å²) in [6.45, 7) is -0.652. The van der Waals surface area contributed by atoms with E-state index < -0.39 is 12.6 Å². The molecule has 0 atom stereocenters. The first kappa shape index (κ1) is 21.9. The molecule has 0 saturated heterocycles. The van der Waals surface area contributed by atoms with Gasteiger partial charge in [-0.15, -0.1) is 0 Å². The number of amides is 3. The van der Waals surface area contributed by atoms with Crippen molar-refractivity contribution in [2.75, 3.05) is 19.0 Å². The fraction of sp³-hybridized carbons (Fsp3) is 0.300. The van der Waals surface area contributed by atoms with Gasteiger partial charge in [-0.2, -0.15) is 8.78 Å². The molecular weight excluding hydrogens is 384 g/mol. The van der Waals surface area contributed by atoms with Crippen LogP contribution in [0.3, 0.4) is 0 Å². The lowest BCUT2D eigenvalue weighted by Gasteiger charge is -2.19. The average molecular weight is 407 g/mol. The number of alkyl halides is 2. The molecule has 156 valence electrons. The van der Waals surface area contributed by atoms with Gasteiger partial charge in [0.15, 0.2) is 11.5 Å². The van der Waals surface area contributed by atoms with E-state index in [1.54, 1.807) is 50.4 Å². The van der Waals surface area contributed by atoms with Crippen LogP contribution in [-0.4, -0.2) is 37.1 Å². The van der Waals surface area contributed by atoms with Gasteiger partial charge in [0, 0.05) is 19.3 Å². The van der Waals surface area contributed by atoms with Crippen molar-refractivity contribution >= 4 is 17.6 Å². The van der Waals surface area contributed by atoms with E-state index in [2.05, 4.69) is 10.1 Å². The summed E-state index contributed by atoms with van der Waals surface area (Å²) in [7, 11) is 1.65. The van der Waals surface area contributed by atoms with Crippen LogP contribution >= 0.6 is 0 Å². The number of carbonyl (C=O) groups is 2. The van der Waals surface area contributed by atoms with Crippen molar-refractivity contribution in [3.05, 3.63) is 53.6 Å². The average Bonchev–Trinajstić information content (AvgIpc) is 2.65. The third kappa shape index (κ3) is 6.95. The minimum absolute atomic E-state index is 0.0516. The predicted molar refractivity (Wildman–Crippen MR) is 104 cm³/mol. The molecule has 0 aliphatic rings. The maximum absolute atomic E-state index is 12.5. The molecule has 0 unspecified atom stereocenters. The molecular formula is C20H23F2N3O4. The summed E-state index contributed by atoms with van der Waals surface area (Å²) >= 11 is 0. The van der Waals surface area contributed by atoms with Gasteiger partial charge in [-0.3, -0.25) is 4.79 Å². The van der Waals surface area contributed by atoms with Crippen molar-refractivity contribution in [2.45, 2.75) is 26.5 Å². The Labute approximate surface area is 167 Å². The van der Waals surface area contributed by atoms with Crippen LogP contribution in [0.5, 0.6) is 11.5 Å². The van der Waals surface area contributed by atoms with Crippen LogP contribution in [0.4, 0.5) is 19.3 Å². The van der Waals surface area contributed by atoms with E-state index in [1.807, 2.05) is 0 Å². The molecule has 9 heteroatoms. The van der Waals surface area contributed by atoms with Crippen LogP contribution < -0.4 is 20.5 Å². The van der Waals surface area contributed by atoms with Crippen molar-refractivity contribution in [3.63, 3.8) is 0 Å². The molecule has 7 nitrogen and oxygen atoms in total. The Morgan fingerprint density at radius 3 is 2.34 bits per heavy atom. The van der Waals surface area contributed by atoms with Crippen LogP contribution in [0.2, 0.25) is 0 Å². The van der Waals surface area contributed by atoms with Crippen molar-refractivity contribution in [1.82, 2.24) is 4.90 Å². The smallest absolute Gasteiger partial charge is 0.387 e. The highest BCUT2D eigenvalue weighted by Crippen LogP contribution is 2.30. The van der Waals surface area contributed by atoms with Crippen molar-refractivity contribution in [1.29, 1.82) is 0 Å². The first-order valence-corrected chi connectivity index (χ1v) is 8.88. The lowest BCUT2D eigenvalue weighted by Crippen LogP contribution is -2.27. The van der Waals surface area contributed by atoms with Crippen LogP contribution in [0.15, 0.2) is 42.5 Å². The molecule has 3 N–H and O–H groups in total. The van der Waals surface area contributed by atoms with Gasteiger partial charge in [0.25, 0.3) is 0 Å². The standard InChI is InChI=1S/C20H23F2N3O4/c1-3-28-17-10-14(6-9-16(17)29-19(21)22)12-25(2)18(26)11-13-4-7-15(8-5-13)24-20(23)27/h4-10,19H,3,11-12H2,1-2H3,(H3,23,24,27). The number of hydrogen-bond acceptors (Lipinski definition) is 4. The largest absolute Gasteiger partial charge is 0.490 e. The molecule has 0 spiro atoms. The molecule has 0 saturated carbocycles. The molecule has 0 aliphatic carbocycles. The van der Waals surface area contributed by atoms with Gasteiger partial charge in [-0.1, -0.05) is 18.2 Å². The zero-order valence-electron chi connectivity index (χ0n) is 16.2. The number of nitrogens with zero attached hydrogens (tertiary/aromatic N) is 1. The van der Waals surface area contributed by atoms with E-state index in [9.17, 15) is 18.4 Å². The van der Waals surface area contributed by atoms with Gasteiger partial charge in [0.1, 0.15) is 0 Å². The predicted octanol–water partition coefficient (Wildman–Crippen LogP) is 3.38. The molecule has 2 aromatic carbocycles. The summed E-state index contributed by atoms with van der Waals surface area (Å²) < 4.78 is 34.8. The minimum Gasteiger partial charge on any atom is -0.490 e. The second-order valence-electron chi connectivity index (χ2n) is 6.21. The number of anilines is 1. The number of urea groups is 1. The number of rotatable bonds is 9. The number of ether oxygens (including phenoxy) is 2. The number of primary amides is 1. The van der Waals surface area contributed by atoms with E-state index in [-0.39, 0.29) is 30.4 Å². The number of likely N-dealkylation sites (N-methyl/N-ethyl adjacent to an activating group) is 1. The lowest BCUT2D eigenvalue weighted by atomic mass is 10.1. The molecule has 0 aromatic heterocycles. The topological polar surface area (TPSA) is 93.9 Å². The summed E-state index contributed by atoms with van der Waals surface area (Å²) in [5.41, 5.74) is 7.08. The van der Waals surface area contributed by atoms with E-state index in [0.717, 1.165) is 5.56 Å². The third-order valence-corrected chi connectivity index (χ3v) is 3.95. The van der Waals surface area contributed by atoms with Gasteiger partial charge in [0.2, 0.25) is 5.91 Å². The molecule has 3 amide bonds. The lowest BCUT2D eigenvalue weighted by molar-refractivity contribution is -0.129. The van der Waals surface area contributed by atoms with Gasteiger partial charge in [0.05, 0.1) is 13.0 Å². The fourth-order valence-corrected chi connectivity index (χ4v) is 2.63. The number of hydrogen-bond donors (Lipinski definition) is 2. The maximum Gasteiger partial charge on any atom is 0.387 e. The quantitative estimate of drug-likeness (QED) is 0.666. The molecule has 0 fully saturated rings. The van der Waals surface area contributed by atoms with E-state index in [4.69, 9.17) is 10.5 Å². The van der Waals surface area contributed by atoms with Crippen LogP contribution in [0.25, 0.3) is 0 Å². The fourth-order valence-electron chi connectivity index (χ4n) is 2.63.